The number of halogens is 1. The fourth-order valence-electron chi connectivity index (χ4n) is 2.25. The van der Waals surface area contributed by atoms with Gasteiger partial charge in [-0.1, -0.05) is 6.07 Å². The molecule has 0 radical (unpaired) electrons. The summed E-state index contributed by atoms with van der Waals surface area (Å²) in [5.74, 6) is -1.83. The number of rotatable bonds is 3. The second kappa shape index (κ2) is 4.90. The van der Waals surface area contributed by atoms with E-state index in [0.29, 0.717) is 12.0 Å². The van der Waals surface area contributed by atoms with Crippen LogP contribution >= 0.6 is 0 Å². The molecule has 19 heavy (non-hydrogen) atoms. The van der Waals surface area contributed by atoms with Crippen molar-refractivity contribution < 1.29 is 22.7 Å². The molecular weight excluding hydrogens is 273 g/mol. The van der Waals surface area contributed by atoms with Crippen molar-refractivity contribution >= 4 is 16.0 Å². The lowest BCUT2D eigenvalue weighted by molar-refractivity contribution is -0.140. The van der Waals surface area contributed by atoms with Gasteiger partial charge in [0, 0.05) is 6.54 Å². The molecule has 1 aliphatic rings. The van der Waals surface area contributed by atoms with Crippen molar-refractivity contribution in [3.63, 3.8) is 0 Å². The minimum Gasteiger partial charge on any atom is -0.480 e. The molecule has 7 heteroatoms. The zero-order valence-electron chi connectivity index (χ0n) is 10.3. The lowest BCUT2D eigenvalue weighted by Gasteiger charge is -2.21. The lowest BCUT2D eigenvalue weighted by atomic mass is 10.2. The van der Waals surface area contributed by atoms with E-state index in [1.807, 2.05) is 0 Å². The molecule has 0 unspecified atom stereocenters. The predicted molar refractivity (Wildman–Crippen MR) is 65.7 cm³/mol. The third-order valence-electron chi connectivity index (χ3n) is 3.23. The van der Waals surface area contributed by atoms with Crippen molar-refractivity contribution in [2.45, 2.75) is 30.7 Å². The topological polar surface area (TPSA) is 74.7 Å². The van der Waals surface area contributed by atoms with Crippen LogP contribution in [0.1, 0.15) is 18.4 Å². The highest BCUT2D eigenvalue weighted by Crippen LogP contribution is 2.28. The van der Waals surface area contributed by atoms with Gasteiger partial charge in [0.25, 0.3) is 0 Å². The molecule has 1 saturated heterocycles. The number of aliphatic carboxylic acids is 1. The summed E-state index contributed by atoms with van der Waals surface area (Å²) in [4.78, 5) is 10.9. The summed E-state index contributed by atoms with van der Waals surface area (Å²) in [6.45, 7) is 1.70. The first-order chi connectivity index (χ1) is 8.84. The van der Waals surface area contributed by atoms with E-state index in [2.05, 4.69) is 0 Å². The molecule has 0 bridgehead atoms. The number of aryl methyl sites for hydroxylation is 1. The lowest BCUT2D eigenvalue weighted by Crippen LogP contribution is -2.40. The molecule has 1 aromatic rings. The van der Waals surface area contributed by atoms with Gasteiger partial charge in [-0.2, -0.15) is 4.31 Å². The number of carbonyl (C=O) groups is 1. The maximum atomic E-state index is 13.2. The van der Waals surface area contributed by atoms with E-state index in [-0.39, 0.29) is 17.9 Å². The zero-order chi connectivity index (χ0) is 14.2. The van der Waals surface area contributed by atoms with Crippen molar-refractivity contribution in [3.05, 3.63) is 29.6 Å². The van der Waals surface area contributed by atoms with Crippen molar-refractivity contribution in [1.29, 1.82) is 0 Å². The number of carboxylic acids is 1. The van der Waals surface area contributed by atoms with Crippen molar-refractivity contribution in [1.82, 2.24) is 4.31 Å². The first-order valence-corrected chi connectivity index (χ1v) is 7.29. The van der Waals surface area contributed by atoms with Crippen molar-refractivity contribution in [3.8, 4) is 0 Å². The van der Waals surface area contributed by atoms with Crippen LogP contribution in [-0.2, 0) is 14.8 Å². The van der Waals surface area contributed by atoms with Crippen LogP contribution in [0.25, 0.3) is 0 Å². The molecule has 5 nitrogen and oxygen atoms in total. The highest BCUT2D eigenvalue weighted by molar-refractivity contribution is 7.89. The van der Waals surface area contributed by atoms with E-state index < -0.39 is 27.9 Å². The first-order valence-electron chi connectivity index (χ1n) is 5.85. The summed E-state index contributed by atoms with van der Waals surface area (Å²) < 4.78 is 39.0. The molecule has 1 atom stereocenters. The van der Waals surface area contributed by atoms with E-state index >= 15 is 0 Å². The minimum absolute atomic E-state index is 0.148. The van der Waals surface area contributed by atoms with Crippen LogP contribution in [0.15, 0.2) is 23.1 Å². The van der Waals surface area contributed by atoms with Gasteiger partial charge in [0.1, 0.15) is 11.9 Å². The Morgan fingerprint density at radius 2 is 2.16 bits per heavy atom. The van der Waals surface area contributed by atoms with E-state index in [1.165, 1.54) is 12.1 Å². The van der Waals surface area contributed by atoms with Crippen molar-refractivity contribution in [2.75, 3.05) is 6.54 Å². The molecule has 0 spiro atoms. The van der Waals surface area contributed by atoms with Crippen LogP contribution in [0, 0.1) is 12.7 Å². The maximum absolute atomic E-state index is 13.2. The number of nitrogens with zero attached hydrogens (tertiary/aromatic N) is 1. The Morgan fingerprint density at radius 1 is 1.47 bits per heavy atom. The van der Waals surface area contributed by atoms with Gasteiger partial charge >= 0.3 is 5.97 Å². The smallest absolute Gasteiger partial charge is 0.322 e. The van der Waals surface area contributed by atoms with Gasteiger partial charge in [0.2, 0.25) is 10.0 Å². The van der Waals surface area contributed by atoms with Gasteiger partial charge in [-0.05, 0) is 37.5 Å². The normalized spacial score (nSPS) is 20.6. The highest BCUT2D eigenvalue weighted by Gasteiger charge is 2.40. The quantitative estimate of drug-likeness (QED) is 0.911. The maximum Gasteiger partial charge on any atom is 0.322 e. The summed E-state index contributed by atoms with van der Waals surface area (Å²) in [6.07, 6.45) is 0.771. The molecule has 0 aliphatic carbocycles. The zero-order valence-corrected chi connectivity index (χ0v) is 11.2. The van der Waals surface area contributed by atoms with Gasteiger partial charge < -0.3 is 5.11 Å². The molecule has 1 heterocycles. The summed E-state index contributed by atoms with van der Waals surface area (Å²) in [5.41, 5.74) is 0.400. The number of hydrogen-bond acceptors (Lipinski definition) is 3. The number of benzene rings is 1. The largest absolute Gasteiger partial charge is 0.480 e. The molecule has 0 aromatic heterocycles. The van der Waals surface area contributed by atoms with Crippen LogP contribution in [0.3, 0.4) is 0 Å². The van der Waals surface area contributed by atoms with Crippen LogP contribution in [-0.4, -0.2) is 36.4 Å². The van der Waals surface area contributed by atoms with E-state index in [0.717, 1.165) is 10.4 Å². The van der Waals surface area contributed by atoms with Crippen LogP contribution in [0.2, 0.25) is 0 Å². The Morgan fingerprint density at radius 3 is 2.79 bits per heavy atom. The fourth-order valence-corrected chi connectivity index (χ4v) is 4.14. The Kier molecular flexibility index (Phi) is 3.60. The Labute approximate surface area is 110 Å². The van der Waals surface area contributed by atoms with Gasteiger partial charge in [-0.25, -0.2) is 12.8 Å². The van der Waals surface area contributed by atoms with Crippen LogP contribution in [0.4, 0.5) is 4.39 Å². The van der Waals surface area contributed by atoms with E-state index in [4.69, 9.17) is 5.11 Å². The third-order valence-corrected chi connectivity index (χ3v) is 5.28. The summed E-state index contributed by atoms with van der Waals surface area (Å²) in [5, 5.41) is 9.04. The van der Waals surface area contributed by atoms with E-state index in [1.54, 1.807) is 6.92 Å². The number of carboxylic acid groups (broad SMARTS) is 1. The van der Waals surface area contributed by atoms with Crippen LogP contribution < -0.4 is 0 Å². The van der Waals surface area contributed by atoms with Crippen LogP contribution in [0.5, 0.6) is 0 Å². The third kappa shape index (κ3) is 2.48. The number of sulfonamides is 1. The second-order valence-electron chi connectivity index (χ2n) is 4.52. The second-order valence-corrected chi connectivity index (χ2v) is 6.38. The minimum atomic E-state index is -3.97. The summed E-state index contributed by atoms with van der Waals surface area (Å²) in [7, 11) is -3.97. The Balaban J connectivity index is 2.48. The molecule has 104 valence electrons. The molecule has 1 aromatic carbocycles. The first kappa shape index (κ1) is 14.0. The average Bonchev–Trinajstić information content (AvgIpc) is 2.82. The van der Waals surface area contributed by atoms with Gasteiger partial charge in [0.15, 0.2) is 0 Å². The molecule has 1 fully saturated rings. The molecule has 1 aliphatic heterocycles. The Bertz CT molecular complexity index is 614. The molecule has 1 N–H and O–H groups in total. The van der Waals surface area contributed by atoms with Gasteiger partial charge in [-0.3, -0.25) is 4.79 Å². The van der Waals surface area contributed by atoms with Gasteiger partial charge in [-0.15, -0.1) is 0 Å². The summed E-state index contributed by atoms with van der Waals surface area (Å²) in [6, 6.07) is 2.41. The van der Waals surface area contributed by atoms with Gasteiger partial charge in [0.05, 0.1) is 4.90 Å². The average molecular weight is 287 g/mol. The molecule has 0 amide bonds. The predicted octanol–water partition coefficient (Wildman–Crippen LogP) is 1.37. The highest BCUT2D eigenvalue weighted by atomic mass is 32.2. The summed E-state index contributed by atoms with van der Waals surface area (Å²) >= 11 is 0. The Hall–Kier alpha value is -1.47. The van der Waals surface area contributed by atoms with Crippen molar-refractivity contribution in [2.24, 2.45) is 0 Å². The molecular formula is C12H14FNO4S. The SMILES string of the molecule is Cc1ccc(F)cc1S(=O)(=O)N1CCC[C@@H]1C(=O)O. The monoisotopic (exact) mass is 287 g/mol. The standard InChI is InChI=1S/C12H14FNO4S/c1-8-4-5-9(13)7-11(8)19(17,18)14-6-2-3-10(14)12(15)16/h4-5,7,10H,2-3,6H2,1H3,(H,15,16)/t10-/m1/s1. The molecule has 0 saturated carbocycles. The fraction of sp³-hybridized carbons (Fsp3) is 0.417. The van der Waals surface area contributed by atoms with E-state index in [9.17, 15) is 17.6 Å². The number of hydrogen-bond donors (Lipinski definition) is 1. The molecule has 2 rings (SSSR count).